The Morgan fingerprint density at radius 1 is 1.23 bits per heavy atom. The minimum absolute atomic E-state index is 0.388. The van der Waals surface area contributed by atoms with Crippen LogP contribution in [0, 0.1) is 6.92 Å². The number of thiazole rings is 1. The van der Waals surface area contributed by atoms with Crippen molar-refractivity contribution in [3.05, 3.63) is 52.0 Å². The molecule has 1 saturated heterocycles. The van der Waals surface area contributed by atoms with Gasteiger partial charge in [-0.25, -0.2) is 4.98 Å². The van der Waals surface area contributed by atoms with E-state index < -0.39 is 0 Å². The summed E-state index contributed by atoms with van der Waals surface area (Å²) < 4.78 is 0. The van der Waals surface area contributed by atoms with Gasteiger partial charge in [0, 0.05) is 37.6 Å². The summed E-state index contributed by atoms with van der Waals surface area (Å²) in [5.41, 5.74) is 1.37. The third kappa shape index (κ3) is 5.29. The van der Waals surface area contributed by atoms with Crippen LogP contribution >= 0.6 is 11.3 Å². The van der Waals surface area contributed by atoms with Crippen LogP contribution in [0.5, 0.6) is 0 Å². The quantitative estimate of drug-likeness (QED) is 0.580. The number of aromatic nitrogens is 1. The van der Waals surface area contributed by atoms with Crippen molar-refractivity contribution in [1.82, 2.24) is 20.5 Å². The van der Waals surface area contributed by atoms with Gasteiger partial charge in [0.25, 0.3) is 0 Å². The molecule has 0 saturated carbocycles. The number of aliphatic imine (C=N–C) groups is 1. The van der Waals surface area contributed by atoms with E-state index in [2.05, 4.69) is 62.8 Å². The number of rotatable bonds is 7. The van der Waals surface area contributed by atoms with Gasteiger partial charge in [-0.05, 0) is 38.4 Å². The van der Waals surface area contributed by atoms with Crippen LogP contribution in [0.4, 0.5) is 0 Å². The summed E-state index contributed by atoms with van der Waals surface area (Å²) in [6.45, 7) is 6.15. The monoisotopic (exact) mass is 371 g/mol. The van der Waals surface area contributed by atoms with Crippen molar-refractivity contribution in [1.29, 1.82) is 0 Å². The summed E-state index contributed by atoms with van der Waals surface area (Å²) in [5, 5.41) is 8.10. The molecule has 2 heterocycles. The third-order valence-electron chi connectivity index (χ3n) is 4.75. The number of guanidine groups is 1. The van der Waals surface area contributed by atoms with Crippen LogP contribution in [0.2, 0.25) is 0 Å². The second kappa shape index (κ2) is 9.69. The fourth-order valence-electron chi connectivity index (χ4n) is 3.41. The first-order chi connectivity index (χ1) is 12.8. The van der Waals surface area contributed by atoms with E-state index in [0.29, 0.717) is 6.04 Å². The highest BCUT2D eigenvalue weighted by atomic mass is 32.1. The van der Waals surface area contributed by atoms with E-state index in [9.17, 15) is 0 Å². The molecule has 1 atom stereocenters. The number of aryl methyl sites for hydroxylation is 1. The highest BCUT2D eigenvalue weighted by molar-refractivity contribution is 7.11. The molecule has 1 fully saturated rings. The molecule has 6 heteroatoms. The highest BCUT2D eigenvalue weighted by Crippen LogP contribution is 2.24. The second-order valence-electron chi connectivity index (χ2n) is 6.66. The largest absolute Gasteiger partial charge is 0.356 e. The zero-order chi connectivity index (χ0) is 18.2. The van der Waals surface area contributed by atoms with Gasteiger partial charge in [-0.1, -0.05) is 30.3 Å². The van der Waals surface area contributed by atoms with Crippen LogP contribution < -0.4 is 10.6 Å². The first-order valence-corrected chi connectivity index (χ1v) is 10.2. The fourth-order valence-corrected chi connectivity index (χ4v) is 4.19. The minimum Gasteiger partial charge on any atom is -0.356 e. The van der Waals surface area contributed by atoms with Gasteiger partial charge in [-0.3, -0.25) is 9.89 Å². The van der Waals surface area contributed by atoms with Crippen LogP contribution in [0.15, 0.2) is 41.5 Å². The summed E-state index contributed by atoms with van der Waals surface area (Å²) in [6.07, 6.45) is 5.45. The molecule has 1 aromatic heterocycles. The maximum atomic E-state index is 4.42. The molecule has 1 aliphatic heterocycles. The average Bonchev–Trinajstić information content (AvgIpc) is 3.33. The smallest absolute Gasteiger partial charge is 0.191 e. The topological polar surface area (TPSA) is 52.6 Å². The predicted octanol–water partition coefficient (Wildman–Crippen LogP) is 3.00. The lowest BCUT2D eigenvalue weighted by Crippen LogP contribution is -2.43. The molecule has 0 bridgehead atoms. The Labute approximate surface area is 160 Å². The number of hydrogen-bond acceptors (Lipinski definition) is 4. The lowest BCUT2D eigenvalue weighted by atomic mass is 10.1. The average molecular weight is 372 g/mol. The standard InChI is InChI=1S/C20H29N5S/c1-16-14-23-19(26-16)10-11-22-20(21-2)24-15-18(25-12-6-7-13-25)17-8-4-3-5-9-17/h3-5,8-9,14,18H,6-7,10-13,15H2,1-2H3,(H2,21,22,24). The molecule has 140 valence electrons. The number of nitrogens with zero attached hydrogens (tertiary/aromatic N) is 3. The van der Waals surface area contributed by atoms with Gasteiger partial charge >= 0.3 is 0 Å². The zero-order valence-electron chi connectivity index (χ0n) is 15.7. The molecule has 2 aromatic rings. The lowest BCUT2D eigenvalue weighted by molar-refractivity contribution is 0.245. The first-order valence-electron chi connectivity index (χ1n) is 9.41. The van der Waals surface area contributed by atoms with Crippen LogP contribution in [-0.2, 0) is 6.42 Å². The van der Waals surface area contributed by atoms with Crippen molar-refractivity contribution in [3.63, 3.8) is 0 Å². The normalized spacial score (nSPS) is 16.6. The van der Waals surface area contributed by atoms with E-state index in [0.717, 1.165) is 25.5 Å². The van der Waals surface area contributed by atoms with E-state index in [1.165, 1.54) is 41.4 Å². The Morgan fingerprint density at radius 2 is 2.00 bits per heavy atom. The van der Waals surface area contributed by atoms with Gasteiger partial charge < -0.3 is 10.6 Å². The summed E-state index contributed by atoms with van der Waals surface area (Å²) in [7, 11) is 1.83. The Kier molecular flexibility index (Phi) is 7.03. The summed E-state index contributed by atoms with van der Waals surface area (Å²) in [5.74, 6) is 0.860. The number of hydrogen-bond donors (Lipinski definition) is 2. The lowest BCUT2D eigenvalue weighted by Gasteiger charge is -2.29. The van der Waals surface area contributed by atoms with E-state index in [4.69, 9.17) is 0 Å². The van der Waals surface area contributed by atoms with Gasteiger partial charge in [-0.15, -0.1) is 11.3 Å². The van der Waals surface area contributed by atoms with Crippen molar-refractivity contribution in [2.45, 2.75) is 32.2 Å². The van der Waals surface area contributed by atoms with Crippen molar-refractivity contribution >= 4 is 17.3 Å². The van der Waals surface area contributed by atoms with Crippen molar-refractivity contribution in [2.24, 2.45) is 4.99 Å². The zero-order valence-corrected chi connectivity index (χ0v) is 16.6. The molecule has 2 N–H and O–H groups in total. The first kappa shape index (κ1) is 18.9. The van der Waals surface area contributed by atoms with E-state index in [1.54, 1.807) is 11.3 Å². The Balaban J connectivity index is 1.53. The molecule has 1 unspecified atom stereocenters. The van der Waals surface area contributed by atoms with Crippen LogP contribution in [0.25, 0.3) is 0 Å². The molecule has 5 nitrogen and oxygen atoms in total. The SMILES string of the molecule is CN=C(NCCc1ncc(C)s1)NCC(c1ccccc1)N1CCCC1. The Hall–Kier alpha value is -1.92. The molecule has 26 heavy (non-hydrogen) atoms. The predicted molar refractivity (Wildman–Crippen MR) is 110 cm³/mol. The van der Waals surface area contributed by atoms with Gasteiger partial charge in [0.15, 0.2) is 5.96 Å². The molecule has 1 aliphatic rings. The van der Waals surface area contributed by atoms with Crippen LogP contribution in [0.3, 0.4) is 0 Å². The summed E-state index contributed by atoms with van der Waals surface area (Å²) in [4.78, 5) is 12.6. The number of nitrogens with one attached hydrogen (secondary N) is 2. The summed E-state index contributed by atoms with van der Waals surface area (Å²) in [6, 6.07) is 11.2. The maximum Gasteiger partial charge on any atom is 0.191 e. The Morgan fingerprint density at radius 3 is 2.65 bits per heavy atom. The van der Waals surface area contributed by atoms with Crippen molar-refractivity contribution in [2.75, 3.05) is 33.2 Å². The molecular formula is C20H29N5S. The Bertz CT molecular complexity index is 691. The van der Waals surface area contributed by atoms with Crippen LogP contribution in [-0.4, -0.2) is 49.1 Å². The molecule has 0 aliphatic carbocycles. The summed E-state index contributed by atoms with van der Waals surface area (Å²) >= 11 is 1.76. The molecule has 0 radical (unpaired) electrons. The minimum atomic E-state index is 0.388. The van der Waals surface area contributed by atoms with Gasteiger partial charge in [0.05, 0.1) is 11.0 Å². The van der Waals surface area contributed by atoms with Crippen molar-refractivity contribution < 1.29 is 0 Å². The number of likely N-dealkylation sites (tertiary alicyclic amines) is 1. The van der Waals surface area contributed by atoms with E-state index >= 15 is 0 Å². The highest BCUT2D eigenvalue weighted by Gasteiger charge is 2.23. The number of benzene rings is 1. The van der Waals surface area contributed by atoms with Crippen LogP contribution in [0.1, 0.15) is 34.3 Å². The van der Waals surface area contributed by atoms with Crippen molar-refractivity contribution in [3.8, 4) is 0 Å². The molecule has 0 amide bonds. The van der Waals surface area contributed by atoms with Gasteiger partial charge in [-0.2, -0.15) is 0 Å². The van der Waals surface area contributed by atoms with E-state index in [1.807, 2.05) is 13.2 Å². The third-order valence-corrected chi connectivity index (χ3v) is 5.73. The van der Waals surface area contributed by atoms with Gasteiger partial charge in [0.2, 0.25) is 0 Å². The molecular weight excluding hydrogens is 342 g/mol. The fraction of sp³-hybridized carbons (Fsp3) is 0.500. The van der Waals surface area contributed by atoms with E-state index in [-0.39, 0.29) is 0 Å². The maximum absolute atomic E-state index is 4.42. The molecule has 0 spiro atoms. The molecule has 1 aromatic carbocycles. The molecule has 3 rings (SSSR count). The second-order valence-corrected chi connectivity index (χ2v) is 7.98. The van der Waals surface area contributed by atoms with Gasteiger partial charge in [0.1, 0.15) is 0 Å².